The van der Waals surface area contributed by atoms with E-state index in [1.165, 1.54) is 4.88 Å². The van der Waals surface area contributed by atoms with Gasteiger partial charge >= 0.3 is 0 Å². The van der Waals surface area contributed by atoms with Gasteiger partial charge in [0.2, 0.25) is 0 Å². The second kappa shape index (κ2) is 7.05. The summed E-state index contributed by atoms with van der Waals surface area (Å²) in [5.41, 5.74) is 0. The number of thiazole rings is 1. The first-order valence-electron chi connectivity index (χ1n) is 4.81. The molecule has 0 bridgehead atoms. The molecule has 6 heteroatoms. The third kappa shape index (κ3) is 4.83. The Kier molecular flexibility index (Phi) is 6.00. The molecule has 4 nitrogen and oxygen atoms in total. The minimum absolute atomic E-state index is 0.168. The minimum atomic E-state index is -0.615. The molecule has 1 atom stereocenters. The molecule has 0 aromatic carbocycles. The summed E-state index contributed by atoms with van der Waals surface area (Å²) in [6, 6.07) is 0. The topological polar surface area (TPSA) is 65.4 Å². The van der Waals surface area contributed by atoms with Gasteiger partial charge in [0.25, 0.3) is 0 Å². The number of nitrogens with zero attached hydrogens (tertiary/aromatic N) is 1. The van der Waals surface area contributed by atoms with E-state index >= 15 is 0 Å². The fourth-order valence-electron chi connectivity index (χ4n) is 0.955. The fourth-order valence-corrected chi connectivity index (χ4v) is 2.89. The Bertz CT molecular complexity index is 281. The number of hydrogen-bond acceptors (Lipinski definition) is 6. The smallest absolute Gasteiger partial charge is 0.182 e. The molecular weight excluding hydrogens is 232 g/mol. The van der Waals surface area contributed by atoms with E-state index in [9.17, 15) is 0 Å². The number of aliphatic hydroxyl groups is 2. The van der Waals surface area contributed by atoms with Crippen LogP contribution in [0.15, 0.2) is 6.20 Å². The zero-order chi connectivity index (χ0) is 11.1. The van der Waals surface area contributed by atoms with Crippen molar-refractivity contribution in [2.75, 3.05) is 24.2 Å². The molecule has 0 radical (unpaired) electrons. The van der Waals surface area contributed by atoms with Crippen LogP contribution in [0.4, 0.5) is 5.13 Å². The molecule has 0 amide bonds. The first-order chi connectivity index (χ1) is 7.26. The van der Waals surface area contributed by atoms with Gasteiger partial charge in [-0.2, -0.15) is 11.8 Å². The number of anilines is 1. The highest BCUT2D eigenvalue weighted by Gasteiger charge is 2.04. The third-order valence-electron chi connectivity index (χ3n) is 1.65. The molecule has 1 heterocycles. The molecule has 15 heavy (non-hydrogen) atoms. The lowest BCUT2D eigenvalue weighted by molar-refractivity contribution is 0.113. The van der Waals surface area contributed by atoms with Crippen LogP contribution in [0.3, 0.4) is 0 Å². The number of nitrogens with one attached hydrogen (secondary N) is 1. The van der Waals surface area contributed by atoms with Crippen molar-refractivity contribution < 1.29 is 10.2 Å². The molecule has 0 saturated carbocycles. The van der Waals surface area contributed by atoms with Crippen molar-refractivity contribution in [3.8, 4) is 0 Å². The van der Waals surface area contributed by atoms with Crippen molar-refractivity contribution in [3.63, 3.8) is 0 Å². The van der Waals surface area contributed by atoms with Crippen LogP contribution in [-0.2, 0) is 5.75 Å². The van der Waals surface area contributed by atoms with E-state index in [1.54, 1.807) is 23.1 Å². The van der Waals surface area contributed by atoms with Crippen LogP contribution in [0.1, 0.15) is 11.8 Å². The first-order valence-corrected chi connectivity index (χ1v) is 6.78. The van der Waals surface area contributed by atoms with Gasteiger partial charge in [0.15, 0.2) is 5.13 Å². The summed E-state index contributed by atoms with van der Waals surface area (Å²) in [5, 5.41) is 21.8. The molecule has 0 aliphatic heterocycles. The highest BCUT2D eigenvalue weighted by atomic mass is 32.2. The van der Waals surface area contributed by atoms with Crippen molar-refractivity contribution in [2.45, 2.75) is 18.8 Å². The monoisotopic (exact) mass is 248 g/mol. The lowest BCUT2D eigenvalue weighted by Gasteiger charge is -2.04. The minimum Gasteiger partial charge on any atom is -0.394 e. The van der Waals surface area contributed by atoms with Crippen LogP contribution >= 0.6 is 23.1 Å². The summed E-state index contributed by atoms with van der Waals surface area (Å²) in [5.74, 6) is 1.39. The van der Waals surface area contributed by atoms with E-state index in [0.717, 1.165) is 17.4 Å². The van der Waals surface area contributed by atoms with Gasteiger partial charge in [-0.3, -0.25) is 0 Å². The highest BCUT2D eigenvalue weighted by Crippen LogP contribution is 2.22. The summed E-state index contributed by atoms with van der Waals surface area (Å²) in [7, 11) is 0. The Morgan fingerprint density at radius 3 is 3.13 bits per heavy atom. The molecule has 1 aromatic rings. The molecule has 0 aliphatic carbocycles. The lowest BCUT2D eigenvalue weighted by Crippen LogP contribution is -2.14. The number of hydrogen-bond donors (Lipinski definition) is 3. The van der Waals surface area contributed by atoms with Gasteiger partial charge in [-0.15, -0.1) is 11.3 Å². The molecule has 1 rings (SSSR count). The maximum absolute atomic E-state index is 9.13. The lowest BCUT2D eigenvalue weighted by atomic mass is 10.4. The molecule has 1 aromatic heterocycles. The molecule has 0 saturated heterocycles. The molecule has 0 fully saturated rings. The molecule has 1 unspecified atom stereocenters. The summed E-state index contributed by atoms with van der Waals surface area (Å²) in [6.07, 6.45) is 1.23. The van der Waals surface area contributed by atoms with Crippen molar-refractivity contribution in [3.05, 3.63) is 11.1 Å². The maximum atomic E-state index is 9.13. The van der Waals surface area contributed by atoms with Crippen LogP contribution in [-0.4, -0.2) is 40.2 Å². The van der Waals surface area contributed by atoms with E-state index in [-0.39, 0.29) is 6.61 Å². The van der Waals surface area contributed by atoms with Gasteiger partial charge in [-0.25, -0.2) is 4.98 Å². The Morgan fingerprint density at radius 2 is 2.47 bits per heavy atom. The molecule has 3 N–H and O–H groups in total. The maximum Gasteiger partial charge on any atom is 0.182 e. The number of rotatable bonds is 7. The van der Waals surface area contributed by atoms with E-state index in [4.69, 9.17) is 10.2 Å². The predicted octanol–water partition coefficient (Wildman–Crippen LogP) is 1.16. The molecule has 0 spiro atoms. The average molecular weight is 248 g/mol. The Hall–Kier alpha value is -0.300. The van der Waals surface area contributed by atoms with Gasteiger partial charge in [0, 0.05) is 29.1 Å². The van der Waals surface area contributed by atoms with Gasteiger partial charge in [-0.1, -0.05) is 0 Å². The second-order valence-electron chi connectivity index (χ2n) is 3.01. The summed E-state index contributed by atoms with van der Waals surface area (Å²) < 4.78 is 0. The van der Waals surface area contributed by atoms with Gasteiger partial charge < -0.3 is 15.5 Å². The van der Waals surface area contributed by atoms with Crippen molar-refractivity contribution in [1.29, 1.82) is 0 Å². The summed E-state index contributed by atoms with van der Waals surface area (Å²) in [6.45, 7) is 2.75. The van der Waals surface area contributed by atoms with E-state index < -0.39 is 6.10 Å². The Labute approximate surface area is 97.7 Å². The quantitative estimate of drug-likeness (QED) is 0.676. The largest absolute Gasteiger partial charge is 0.394 e. The van der Waals surface area contributed by atoms with Crippen LogP contribution in [0.5, 0.6) is 0 Å². The normalized spacial score (nSPS) is 12.7. The number of aromatic nitrogens is 1. The fraction of sp³-hybridized carbons (Fsp3) is 0.667. The summed E-state index contributed by atoms with van der Waals surface area (Å²) >= 11 is 3.23. The van der Waals surface area contributed by atoms with Crippen LogP contribution < -0.4 is 5.32 Å². The standard InChI is InChI=1S/C9H16N2O2S2/c1-2-10-9-11-3-8(15-9)6-14-5-7(13)4-12/h3,7,12-13H,2,4-6H2,1H3,(H,10,11). The highest BCUT2D eigenvalue weighted by molar-refractivity contribution is 7.98. The van der Waals surface area contributed by atoms with E-state index in [0.29, 0.717) is 5.75 Å². The zero-order valence-corrected chi connectivity index (χ0v) is 10.3. The van der Waals surface area contributed by atoms with Crippen molar-refractivity contribution in [1.82, 2.24) is 4.98 Å². The van der Waals surface area contributed by atoms with Crippen molar-refractivity contribution in [2.24, 2.45) is 0 Å². The average Bonchev–Trinajstić information content (AvgIpc) is 2.66. The Balaban J connectivity index is 2.25. The van der Waals surface area contributed by atoms with Gasteiger partial charge in [0.05, 0.1) is 12.7 Å². The van der Waals surface area contributed by atoms with Crippen LogP contribution in [0.25, 0.3) is 0 Å². The van der Waals surface area contributed by atoms with E-state index in [2.05, 4.69) is 10.3 Å². The van der Waals surface area contributed by atoms with Gasteiger partial charge in [-0.05, 0) is 6.92 Å². The predicted molar refractivity (Wildman–Crippen MR) is 65.5 cm³/mol. The van der Waals surface area contributed by atoms with Crippen LogP contribution in [0.2, 0.25) is 0 Å². The number of thioether (sulfide) groups is 1. The summed E-state index contributed by atoms with van der Waals surface area (Å²) in [4.78, 5) is 5.39. The van der Waals surface area contributed by atoms with E-state index in [1.807, 2.05) is 13.1 Å². The first kappa shape index (κ1) is 12.8. The molecule has 86 valence electrons. The SMILES string of the molecule is CCNc1ncc(CSCC(O)CO)s1. The zero-order valence-electron chi connectivity index (χ0n) is 8.64. The molecular formula is C9H16N2O2S2. The number of aliphatic hydroxyl groups excluding tert-OH is 2. The van der Waals surface area contributed by atoms with Crippen molar-refractivity contribution >= 4 is 28.2 Å². The second-order valence-corrected chi connectivity index (χ2v) is 5.16. The third-order valence-corrected chi connectivity index (χ3v) is 3.92. The molecule has 0 aliphatic rings. The Morgan fingerprint density at radius 1 is 1.67 bits per heavy atom. The van der Waals surface area contributed by atoms with Crippen LogP contribution in [0, 0.1) is 0 Å². The van der Waals surface area contributed by atoms with Gasteiger partial charge in [0.1, 0.15) is 0 Å².